The highest BCUT2D eigenvalue weighted by Gasteiger charge is 2.04. The highest BCUT2D eigenvalue weighted by atomic mass is 32.1. The second kappa shape index (κ2) is 2.17. The molecular weight excluding hydrogens is 160 g/mol. The average Bonchev–Trinajstić information content (AvgIpc) is 2.40. The van der Waals surface area contributed by atoms with Crippen molar-refractivity contribution in [3.05, 3.63) is 23.5 Å². The standard InChI is InChI=1S/C7H6N2OS/c1-5(10)6-4-9-2-3-11-7(9)8-6/h2-4H,1H3. The van der Waals surface area contributed by atoms with Crippen LogP contribution in [0.2, 0.25) is 0 Å². The topological polar surface area (TPSA) is 34.4 Å². The fourth-order valence-corrected chi connectivity index (χ4v) is 1.60. The highest BCUT2D eigenvalue weighted by Crippen LogP contribution is 2.11. The smallest absolute Gasteiger partial charge is 0.194 e. The van der Waals surface area contributed by atoms with Crippen molar-refractivity contribution in [1.82, 2.24) is 9.38 Å². The van der Waals surface area contributed by atoms with Gasteiger partial charge in [-0.1, -0.05) is 0 Å². The zero-order valence-electron chi connectivity index (χ0n) is 5.94. The van der Waals surface area contributed by atoms with Gasteiger partial charge in [0, 0.05) is 24.7 Å². The van der Waals surface area contributed by atoms with E-state index in [2.05, 4.69) is 4.98 Å². The minimum absolute atomic E-state index is 0.0147. The Hall–Kier alpha value is -1.16. The number of thiazole rings is 1. The molecule has 2 aromatic rings. The molecule has 0 unspecified atom stereocenters. The van der Waals surface area contributed by atoms with Crippen LogP contribution in [0.3, 0.4) is 0 Å². The number of hydrogen-bond acceptors (Lipinski definition) is 3. The van der Waals surface area contributed by atoms with Crippen LogP contribution >= 0.6 is 11.3 Å². The van der Waals surface area contributed by atoms with Crippen LogP contribution in [-0.4, -0.2) is 15.2 Å². The van der Waals surface area contributed by atoms with Crippen molar-refractivity contribution in [3.63, 3.8) is 0 Å². The van der Waals surface area contributed by atoms with Crippen LogP contribution in [0.15, 0.2) is 17.8 Å². The lowest BCUT2D eigenvalue weighted by Gasteiger charge is -1.79. The van der Waals surface area contributed by atoms with E-state index >= 15 is 0 Å². The Morgan fingerprint density at radius 3 is 3.18 bits per heavy atom. The van der Waals surface area contributed by atoms with Crippen LogP contribution < -0.4 is 0 Å². The van der Waals surface area contributed by atoms with E-state index in [1.54, 1.807) is 6.20 Å². The molecule has 0 saturated heterocycles. The molecule has 2 aromatic heterocycles. The van der Waals surface area contributed by atoms with Crippen molar-refractivity contribution in [1.29, 1.82) is 0 Å². The highest BCUT2D eigenvalue weighted by molar-refractivity contribution is 7.15. The van der Waals surface area contributed by atoms with E-state index in [9.17, 15) is 4.79 Å². The quantitative estimate of drug-likeness (QED) is 0.603. The molecule has 0 atom stereocenters. The summed E-state index contributed by atoms with van der Waals surface area (Å²) in [6.45, 7) is 1.52. The van der Waals surface area contributed by atoms with Gasteiger partial charge < -0.3 is 0 Å². The van der Waals surface area contributed by atoms with Gasteiger partial charge >= 0.3 is 0 Å². The van der Waals surface area contributed by atoms with Gasteiger partial charge in [-0.2, -0.15) is 0 Å². The third kappa shape index (κ3) is 0.952. The lowest BCUT2D eigenvalue weighted by molar-refractivity contribution is 0.101. The zero-order valence-corrected chi connectivity index (χ0v) is 6.76. The number of carbonyl (C=O) groups excluding carboxylic acids is 1. The molecule has 3 nitrogen and oxygen atoms in total. The number of nitrogens with zero attached hydrogens (tertiary/aromatic N) is 2. The van der Waals surface area contributed by atoms with E-state index in [4.69, 9.17) is 0 Å². The summed E-state index contributed by atoms with van der Waals surface area (Å²) in [5.41, 5.74) is 0.539. The summed E-state index contributed by atoms with van der Waals surface area (Å²) in [7, 11) is 0. The minimum Gasteiger partial charge on any atom is -0.297 e. The molecule has 0 saturated carbocycles. The zero-order chi connectivity index (χ0) is 7.84. The predicted octanol–water partition coefficient (Wildman–Crippen LogP) is 1.60. The van der Waals surface area contributed by atoms with Gasteiger partial charge in [-0.15, -0.1) is 11.3 Å². The normalized spacial score (nSPS) is 10.6. The van der Waals surface area contributed by atoms with Crippen LogP contribution in [0, 0.1) is 0 Å². The van der Waals surface area contributed by atoms with Gasteiger partial charge in [0.25, 0.3) is 0 Å². The number of fused-ring (bicyclic) bond motifs is 1. The molecule has 0 N–H and O–H groups in total. The number of imidazole rings is 1. The number of carbonyl (C=O) groups is 1. The summed E-state index contributed by atoms with van der Waals surface area (Å²) >= 11 is 1.53. The van der Waals surface area contributed by atoms with E-state index in [1.165, 1.54) is 18.3 Å². The van der Waals surface area contributed by atoms with Crippen molar-refractivity contribution in [2.24, 2.45) is 0 Å². The van der Waals surface area contributed by atoms with Gasteiger partial charge in [-0.25, -0.2) is 4.98 Å². The van der Waals surface area contributed by atoms with E-state index in [0.29, 0.717) is 5.69 Å². The maximum Gasteiger partial charge on any atom is 0.194 e. The van der Waals surface area contributed by atoms with Crippen LogP contribution in [0.4, 0.5) is 0 Å². The van der Waals surface area contributed by atoms with Gasteiger partial charge in [-0.3, -0.25) is 9.20 Å². The van der Waals surface area contributed by atoms with Crippen LogP contribution in [0.5, 0.6) is 0 Å². The number of rotatable bonds is 1. The summed E-state index contributed by atoms with van der Waals surface area (Å²) in [4.78, 5) is 15.8. The molecule has 2 rings (SSSR count). The lowest BCUT2D eigenvalue weighted by atomic mass is 10.3. The second-order valence-electron chi connectivity index (χ2n) is 2.28. The number of hydrogen-bond donors (Lipinski definition) is 0. The van der Waals surface area contributed by atoms with Gasteiger partial charge in [0.1, 0.15) is 5.69 Å². The molecule has 0 amide bonds. The number of aromatic nitrogens is 2. The van der Waals surface area contributed by atoms with E-state index < -0.39 is 0 Å². The Labute approximate surface area is 67.3 Å². The SMILES string of the molecule is CC(=O)c1cn2ccsc2n1. The summed E-state index contributed by atoms with van der Waals surface area (Å²) in [6, 6.07) is 0. The number of Topliss-reactive ketones (excluding diaryl/α,β-unsaturated/α-hetero) is 1. The maximum absolute atomic E-state index is 10.8. The van der Waals surface area contributed by atoms with E-state index in [1.807, 2.05) is 16.0 Å². The fraction of sp³-hybridized carbons (Fsp3) is 0.143. The van der Waals surface area contributed by atoms with Crippen LogP contribution in [-0.2, 0) is 0 Å². The molecule has 11 heavy (non-hydrogen) atoms. The molecule has 0 aliphatic carbocycles. The molecule has 0 aromatic carbocycles. The molecule has 4 heteroatoms. The van der Waals surface area contributed by atoms with Crippen molar-refractivity contribution in [2.75, 3.05) is 0 Å². The Morgan fingerprint density at radius 2 is 2.55 bits per heavy atom. The van der Waals surface area contributed by atoms with Gasteiger partial charge in [0.15, 0.2) is 10.7 Å². The summed E-state index contributed by atoms with van der Waals surface area (Å²) in [5, 5.41) is 1.94. The first-order chi connectivity index (χ1) is 5.27. The first-order valence-electron chi connectivity index (χ1n) is 3.20. The fourth-order valence-electron chi connectivity index (χ4n) is 0.897. The Balaban J connectivity index is 2.67. The average molecular weight is 166 g/mol. The molecule has 0 bridgehead atoms. The van der Waals surface area contributed by atoms with Gasteiger partial charge in [0.05, 0.1) is 0 Å². The number of ketones is 1. The summed E-state index contributed by atoms with van der Waals surface area (Å²) in [5.74, 6) is 0.0147. The van der Waals surface area contributed by atoms with Gasteiger partial charge in [-0.05, 0) is 0 Å². The second-order valence-corrected chi connectivity index (χ2v) is 3.15. The van der Waals surface area contributed by atoms with Crippen molar-refractivity contribution in [2.45, 2.75) is 6.92 Å². The molecule has 2 heterocycles. The molecule has 56 valence electrons. The van der Waals surface area contributed by atoms with E-state index in [-0.39, 0.29) is 5.78 Å². The van der Waals surface area contributed by atoms with Crippen molar-refractivity contribution < 1.29 is 4.79 Å². The monoisotopic (exact) mass is 166 g/mol. The van der Waals surface area contributed by atoms with Crippen molar-refractivity contribution in [3.8, 4) is 0 Å². The summed E-state index contributed by atoms with van der Waals surface area (Å²) < 4.78 is 1.85. The maximum atomic E-state index is 10.8. The molecule has 0 aliphatic rings. The third-order valence-electron chi connectivity index (χ3n) is 1.45. The molecular formula is C7H6N2OS. The predicted molar refractivity (Wildman–Crippen MR) is 43.1 cm³/mol. The van der Waals surface area contributed by atoms with Crippen LogP contribution in [0.1, 0.15) is 17.4 Å². The third-order valence-corrected chi connectivity index (χ3v) is 2.22. The van der Waals surface area contributed by atoms with E-state index in [0.717, 1.165) is 4.96 Å². The lowest BCUT2D eigenvalue weighted by Crippen LogP contribution is -1.90. The van der Waals surface area contributed by atoms with Gasteiger partial charge in [0.2, 0.25) is 0 Å². The largest absolute Gasteiger partial charge is 0.297 e. The van der Waals surface area contributed by atoms with Crippen molar-refractivity contribution >= 4 is 22.1 Å². The molecule has 0 aliphatic heterocycles. The first kappa shape index (κ1) is 6.54. The molecule has 0 radical (unpaired) electrons. The summed E-state index contributed by atoms with van der Waals surface area (Å²) in [6.07, 6.45) is 3.63. The molecule has 0 spiro atoms. The van der Waals surface area contributed by atoms with Crippen LogP contribution in [0.25, 0.3) is 4.96 Å². The Morgan fingerprint density at radius 1 is 1.73 bits per heavy atom. The Bertz CT molecular complexity index is 373. The Kier molecular flexibility index (Phi) is 1.29. The minimum atomic E-state index is 0.0147. The molecule has 0 fully saturated rings. The first-order valence-corrected chi connectivity index (χ1v) is 4.08.